The van der Waals surface area contributed by atoms with E-state index >= 15 is 0 Å². The molecule has 0 aliphatic rings. The first kappa shape index (κ1) is 28.8. The highest BCUT2D eigenvalue weighted by Crippen LogP contribution is 2.39. The van der Waals surface area contributed by atoms with Crippen LogP contribution in [-0.2, 0) is 0 Å². The Bertz CT molecular complexity index is 2890. The lowest BCUT2D eigenvalue weighted by molar-refractivity contribution is 1.18. The SMILES string of the molecule is N#Cc1ccc2c(c1)c1ccccc1n2-c1ccc(-c2ccc(-c3c(-n4c5ccccc5c5ccccc54)ccc(C#N)c3C#N)cc2)cc1. The third-order valence-corrected chi connectivity index (χ3v) is 9.67. The monoisotopic (exact) mass is 635 g/mol. The summed E-state index contributed by atoms with van der Waals surface area (Å²) in [5.41, 5.74) is 11.1. The summed E-state index contributed by atoms with van der Waals surface area (Å²) in [5.74, 6) is 0. The zero-order valence-corrected chi connectivity index (χ0v) is 26.7. The van der Waals surface area contributed by atoms with E-state index in [-0.39, 0.29) is 0 Å². The summed E-state index contributed by atoms with van der Waals surface area (Å²) in [5, 5.41) is 34.3. The Morgan fingerprint density at radius 1 is 0.400 bits per heavy atom. The van der Waals surface area contributed by atoms with Gasteiger partial charge in [-0.1, -0.05) is 91.0 Å². The van der Waals surface area contributed by atoms with Crippen LogP contribution in [0.3, 0.4) is 0 Å². The van der Waals surface area contributed by atoms with Gasteiger partial charge in [0, 0.05) is 32.8 Å². The first-order valence-corrected chi connectivity index (χ1v) is 16.3. The Labute approximate surface area is 287 Å². The number of nitriles is 3. The number of aromatic nitrogens is 2. The van der Waals surface area contributed by atoms with Crippen LogP contribution in [0.4, 0.5) is 0 Å². The Morgan fingerprint density at radius 2 is 0.920 bits per heavy atom. The van der Waals surface area contributed by atoms with E-state index in [9.17, 15) is 15.8 Å². The van der Waals surface area contributed by atoms with Crippen LogP contribution >= 0.6 is 0 Å². The summed E-state index contributed by atoms with van der Waals surface area (Å²) in [7, 11) is 0. The summed E-state index contributed by atoms with van der Waals surface area (Å²) >= 11 is 0. The maximum atomic E-state index is 10.4. The quantitative estimate of drug-likeness (QED) is 0.193. The number of rotatable bonds is 4. The van der Waals surface area contributed by atoms with Gasteiger partial charge in [0.2, 0.25) is 0 Å². The molecular formula is C45H25N5. The Morgan fingerprint density at radius 3 is 1.50 bits per heavy atom. The van der Waals surface area contributed by atoms with Crippen LogP contribution in [0.25, 0.3) is 77.2 Å². The summed E-state index contributed by atoms with van der Waals surface area (Å²) in [4.78, 5) is 0. The molecular weight excluding hydrogens is 611 g/mol. The predicted octanol–water partition coefficient (Wildman–Crippen LogP) is 10.8. The van der Waals surface area contributed by atoms with Gasteiger partial charge < -0.3 is 9.13 Å². The Kier molecular flexibility index (Phi) is 6.56. The molecule has 7 aromatic carbocycles. The summed E-state index contributed by atoms with van der Waals surface area (Å²) in [6, 6.07) is 58.0. The first-order valence-electron chi connectivity index (χ1n) is 16.3. The number of hydrogen-bond acceptors (Lipinski definition) is 3. The second kappa shape index (κ2) is 11.4. The van der Waals surface area contributed by atoms with Crippen molar-refractivity contribution in [3.05, 3.63) is 168 Å². The molecule has 0 aliphatic carbocycles. The third kappa shape index (κ3) is 4.31. The van der Waals surface area contributed by atoms with Crippen molar-refractivity contribution in [2.45, 2.75) is 0 Å². The standard InChI is InChI=1S/C45H25N5/c46-26-29-13-23-43-38(25-29)37-9-3-4-10-40(37)49(43)34-21-18-31(19-22-34)30-14-16-32(17-15-30)45-39(28-48)33(27-47)20-24-44(45)50-41-11-5-1-7-35(41)36-8-2-6-12-42(36)50/h1-25H. The van der Waals surface area contributed by atoms with Crippen LogP contribution in [-0.4, -0.2) is 9.13 Å². The average Bonchev–Trinajstić information content (AvgIpc) is 3.70. The minimum absolute atomic E-state index is 0.348. The molecule has 9 aromatic rings. The van der Waals surface area contributed by atoms with Gasteiger partial charge in [-0.05, 0) is 77.4 Å². The maximum absolute atomic E-state index is 10.4. The third-order valence-electron chi connectivity index (χ3n) is 9.67. The molecule has 0 N–H and O–H groups in total. The lowest BCUT2D eigenvalue weighted by Crippen LogP contribution is -2.01. The van der Waals surface area contributed by atoms with Gasteiger partial charge in [0.05, 0.1) is 50.5 Å². The van der Waals surface area contributed by atoms with Crippen molar-refractivity contribution in [1.29, 1.82) is 15.8 Å². The fourth-order valence-electron chi connectivity index (χ4n) is 7.41. The smallest absolute Gasteiger partial charge is 0.101 e. The van der Waals surface area contributed by atoms with Gasteiger partial charge in [-0.2, -0.15) is 15.8 Å². The van der Waals surface area contributed by atoms with E-state index in [0.29, 0.717) is 16.7 Å². The van der Waals surface area contributed by atoms with Crippen molar-refractivity contribution in [2.24, 2.45) is 0 Å². The molecule has 230 valence electrons. The molecule has 2 aromatic heterocycles. The number of fused-ring (bicyclic) bond motifs is 6. The van der Waals surface area contributed by atoms with Crippen molar-refractivity contribution in [3.8, 4) is 51.8 Å². The molecule has 2 heterocycles. The fourth-order valence-corrected chi connectivity index (χ4v) is 7.41. The minimum Gasteiger partial charge on any atom is -0.309 e. The van der Waals surface area contributed by atoms with Gasteiger partial charge in [0.25, 0.3) is 0 Å². The highest BCUT2D eigenvalue weighted by Gasteiger charge is 2.20. The zero-order valence-electron chi connectivity index (χ0n) is 26.7. The van der Waals surface area contributed by atoms with Gasteiger partial charge >= 0.3 is 0 Å². The lowest BCUT2D eigenvalue weighted by Gasteiger charge is -2.17. The van der Waals surface area contributed by atoms with Gasteiger partial charge in [0.1, 0.15) is 12.1 Å². The summed E-state index contributed by atoms with van der Waals surface area (Å²) in [6.45, 7) is 0. The summed E-state index contributed by atoms with van der Waals surface area (Å²) < 4.78 is 4.44. The number of benzene rings is 7. The molecule has 0 atom stereocenters. The molecule has 0 saturated carbocycles. The molecule has 0 aliphatic heterocycles. The second-order valence-electron chi connectivity index (χ2n) is 12.3. The minimum atomic E-state index is 0.348. The van der Waals surface area contributed by atoms with Crippen LogP contribution in [0.5, 0.6) is 0 Å². The van der Waals surface area contributed by atoms with E-state index in [1.165, 1.54) is 0 Å². The molecule has 5 heteroatoms. The lowest BCUT2D eigenvalue weighted by atomic mass is 9.93. The van der Waals surface area contributed by atoms with E-state index in [4.69, 9.17) is 0 Å². The molecule has 0 amide bonds. The van der Waals surface area contributed by atoms with Gasteiger partial charge in [-0.3, -0.25) is 0 Å². The van der Waals surface area contributed by atoms with Crippen LogP contribution in [0, 0.1) is 34.0 Å². The molecule has 0 saturated heterocycles. The first-order chi connectivity index (χ1) is 24.7. The largest absolute Gasteiger partial charge is 0.309 e. The number of para-hydroxylation sites is 3. The molecule has 0 bridgehead atoms. The van der Waals surface area contributed by atoms with Crippen LogP contribution in [0.2, 0.25) is 0 Å². The molecule has 0 unspecified atom stereocenters. The highest BCUT2D eigenvalue weighted by molar-refractivity contribution is 6.11. The van der Waals surface area contributed by atoms with Crippen LogP contribution in [0.15, 0.2) is 152 Å². The molecule has 5 nitrogen and oxygen atoms in total. The maximum Gasteiger partial charge on any atom is 0.101 e. The average molecular weight is 636 g/mol. The predicted molar refractivity (Wildman–Crippen MR) is 200 cm³/mol. The van der Waals surface area contributed by atoms with Crippen molar-refractivity contribution in [1.82, 2.24) is 9.13 Å². The Hall–Kier alpha value is -7.39. The van der Waals surface area contributed by atoms with Gasteiger partial charge in [0.15, 0.2) is 0 Å². The van der Waals surface area contributed by atoms with E-state index in [2.05, 4.69) is 100 Å². The van der Waals surface area contributed by atoms with Crippen molar-refractivity contribution in [2.75, 3.05) is 0 Å². The number of nitrogens with zero attached hydrogens (tertiary/aromatic N) is 5. The van der Waals surface area contributed by atoms with Crippen molar-refractivity contribution >= 4 is 43.6 Å². The molecule has 9 rings (SSSR count). The normalized spacial score (nSPS) is 11.1. The van der Waals surface area contributed by atoms with E-state index in [1.54, 1.807) is 6.07 Å². The van der Waals surface area contributed by atoms with Crippen molar-refractivity contribution < 1.29 is 0 Å². The van der Waals surface area contributed by atoms with Crippen LogP contribution < -0.4 is 0 Å². The van der Waals surface area contributed by atoms with Gasteiger partial charge in [-0.15, -0.1) is 0 Å². The molecule has 0 fully saturated rings. The van der Waals surface area contributed by atoms with E-state index in [1.807, 2.05) is 72.8 Å². The van der Waals surface area contributed by atoms with Crippen LogP contribution in [0.1, 0.15) is 16.7 Å². The molecule has 0 radical (unpaired) electrons. The highest BCUT2D eigenvalue weighted by atomic mass is 15.0. The van der Waals surface area contributed by atoms with Gasteiger partial charge in [-0.25, -0.2) is 0 Å². The van der Waals surface area contributed by atoms with E-state index < -0.39 is 0 Å². The molecule has 50 heavy (non-hydrogen) atoms. The second-order valence-corrected chi connectivity index (χ2v) is 12.3. The molecule has 0 spiro atoms. The Balaban J connectivity index is 1.15. The van der Waals surface area contributed by atoms with Crippen molar-refractivity contribution in [3.63, 3.8) is 0 Å². The topological polar surface area (TPSA) is 81.2 Å². The summed E-state index contributed by atoms with van der Waals surface area (Å²) in [6.07, 6.45) is 0. The fraction of sp³-hybridized carbons (Fsp3) is 0. The zero-order chi connectivity index (χ0) is 33.8. The number of hydrogen-bond donors (Lipinski definition) is 0. The van der Waals surface area contributed by atoms with E-state index in [0.717, 1.165) is 77.2 Å².